The van der Waals surface area contributed by atoms with Crippen LogP contribution in [0.5, 0.6) is 0 Å². The van der Waals surface area contributed by atoms with Gasteiger partial charge in [-0.2, -0.15) is 5.10 Å². The number of anilines is 1. The third-order valence-electron chi connectivity index (χ3n) is 4.96. The Bertz CT molecular complexity index is 1220. The van der Waals surface area contributed by atoms with Crippen LogP contribution in [0.4, 0.5) is 5.82 Å². The molecule has 0 radical (unpaired) electrons. The molecular formula is C23H26N6OS. The SMILES string of the molecule is CSc1nc(NCC(C)C)c2cnn(CCNC(=O)c3ccc4ccccc4c3)c2n1. The van der Waals surface area contributed by atoms with E-state index in [1.54, 1.807) is 6.20 Å². The lowest BCUT2D eigenvalue weighted by molar-refractivity contribution is 0.0952. The van der Waals surface area contributed by atoms with Crippen molar-refractivity contribution >= 4 is 45.3 Å². The quantitative estimate of drug-likeness (QED) is 0.319. The van der Waals surface area contributed by atoms with Gasteiger partial charge < -0.3 is 10.6 Å². The van der Waals surface area contributed by atoms with Gasteiger partial charge in [0.25, 0.3) is 5.91 Å². The van der Waals surface area contributed by atoms with Gasteiger partial charge in [0.15, 0.2) is 10.8 Å². The number of hydrogen-bond donors (Lipinski definition) is 2. The molecule has 0 aliphatic carbocycles. The zero-order valence-corrected chi connectivity index (χ0v) is 18.7. The number of carbonyl (C=O) groups excluding carboxylic acids is 1. The van der Waals surface area contributed by atoms with Crippen LogP contribution in [-0.2, 0) is 6.54 Å². The summed E-state index contributed by atoms with van der Waals surface area (Å²) in [7, 11) is 0. The molecule has 8 heteroatoms. The molecule has 0 unspecified atom stereocenters. The highest BCUT2D eigenvalue weighted by Crippen LogP contribution is 2.23. The summed E-state index contributed by atoms with van der Waals surface area (Å²) < 4.78 is 1.82. The molecule has 0 atom stereocenters. The van der Waals surface area contributed by atoms with Crippen molar-refractivity contribution in [2.75, 3.05) is 24.7 Å². The average Bonchev–Trinajstić information content (AvgIpc) is 3.19. The van der Waals surface area contributed by atoms with Gasteiger partial charge in [-0.1, -0.05) is 55.9 Å². The first-order valence-electron chi connectivity index (χ1n) is 10.3. The van der Waals surface area contributed by atoms with Crippen LogP contribution in [0.1, 0.15) is 24.2 Å². The third kappa shape index (κ3) is 4.80. The van der Waals surface area contributed by atoms with Crippen LogP contribution >= 0.6 is 11.8 Å². The third-order valence-corrected chi connectivity index (χ3v) is 5.50. The van der Waals surface area contributed by atoms with E-state index in [1.807, 2.05) is 53.4 Å². The standard InChI is InChI=1S/C23H26N6OS/c1-15(2)13-25-20-19-14-26-29(21(19)28-23(27-20)31-3)11-10-24-22(30)18-9-8-16-6-4-5-7-17(16)12-18/h4-9,12,14-15H,10-11,13H2,1-3H3,(H,24,30)(H,25,27,28). The predicted molar refractivity (Wildman–Crippen MR) is 127 cm³/mol. The van der Waals surface area contributed by atoms with Crippen LogP contribution in [0.2, 0.25) is 0 Å². The average molecular weight is 435 g/mol. The van der Waals surface area contributed by atoms with Gasteiger partial charge in [-0.15, -0.1) is 0 Å². The fourth-order valence-electron chi connectivity index (χ4n) is 3.33. The highest BCUT2D eigenvalue weighted by atomic mass is 32.2. The number of aromatic nitrogens is 4. The van der Waals surface area contributed by atoms with E-state index in [1.165, 1.54) is 11.8 Å². The number of nitrogens with one attached hydrogen (secondary N) is 2. The molecule has 2 N–H and O–H groups in total. The smallest absolute Gasteiger partial charge is 0.251 e. The Hall–Kier alpha value is -3.13. The number of carbonyl (C=O) groups is 1. The Morgan fingerprint density at radius 3 is 2.71 bits per heavy atom. The van der Waals surface area contributed by atoms with Crippen LogP contribution in [0.3, 0.4) is 0 Å². The van der Waals surface area contributed by atoms with Crippen LogP contribution in [0.15, 0.2) is 53.8 Å². The Labute approximate surface area is 185 Å². The van der Waals surface area contributed by atoms with Crippen molar-refractivity contribution in [1.29, 1.82) is 0 Å². The molecule has 1 amide bonds. The van der Waals surface area contributed by atoms with Crippen LogP contribution < -0.4 is 10.6 Å². The molecule has 0 fully saturated rings. The van der Waals surface area contributed by atoms with E-state index in [4.69, 9.17) is 0 Å². The zero-order chi connectivity index (χ0) is 21.8. The Balaban J connectivity index is 1.46. The molecule has 0 spiro atoms. The van der Waals surface area contributed by atoms with E-state index in [0.717, 1.165) is 34.2 Å². The zero-order valence-electron chi connectivity index (χ0n) is 17.9. The van der Waals surface area contributed by atoms with E-state index < -0.39 is 0 Å². The second-order valence-electron chi connectivity index (χ2n) is 7.76. The molecule has 7 nitrogen and oxygen atoms in total. The van der Waals surface area contributed by atoms with Crippen LogP contribution in [0.25, 0.3) is 21.8 Å². The number of hydrogen-bond acceptors (Lipinski definition) is 6. The lowest BCUT2D eigenvalue weighted by Crippen LogP contribution is -2.27. The molecule has 4 rings (SSSR count). The topological polar surface area (TPSA) is 84.7 Å². The number of rotatable bonds is 8. The molecule has 0 aliphatic heterocycles. The minimum Gasteiger partial charge on any atom is -0.369 e. The lowest BCUT2D eigenvalue weighted by Gasteiger charge is -2.11. The minimum atomic E-state index is -0.0964. The van der Waals surface area contributed by atoms with Crippen LogP contribution in [0, 0.1) is 5.92 Å². The van der Waals surface area contributed by atoms with Gasteiger partial charge in [0.05, 0.1) is 18.1 Å². The molecule has 2 heterocycles. The van der Waals surface area contributed by atoms with Crippen molar-refractivity contribution < 1.29 is 4.79 Å². The predicted octanol–water partition coefficient (Wildman–Crippen LogP) is 4.20. The van der Waals surface area contributed by atoms with E-state index in [2.05, 4.69) is 39.5 Å². The molecule has 0 saturated heterocycles. The van der Waals surface area contributed by atoms with Gasteiger partial charge in [0, 0.05) is 18.7 Å². The summed E-state index contributed by atoms with van der Waals surface area (Å²) in [6, 6.07) is 13.8. The fraction of sp³-hybridized carbons (Fsp3) is 0.304. The van der Waals surface area contributed by atoms with Crippen molar-refractivity contribution in [3.63, 3.8) is 0 Å². The molecule has 2 aromatic carbocycles. The van der Waals surface area contributed by atoms with E-state index >= 15 is 0 Å². The van der Waals surface area contributed by atoms with Gasteiger partial charge in [0.1, 0.15) is 5.82 Å². The largest absolute Gasteiger partial charge is 0.369 e. The van der Waals surface area contributed by atoms with Gasteiger partial charge in [-0.05, 0) is 35.1 Å². The fourth-order valence-corrected chi connectivity index (χ4v) is 3.69. The van der Waals surface area contributed by atoms with Gasteiger partial charge >= 0.3 is 0 Å². The van der Waals surface area contributed by atoms with E-state index in [9.17, 15) is 4.79 Å². The van der Waals surface area contributed by atoms with Crippen molar-refractivity contribution in [2.24, 2.45) is 5.92 Å². The van der Waals surface area contributed by atoms with Crippen molar-refractivity contribution in [3.8, 4) is 0 Å². The van der Waals surface area contributed by atoms with Crippen molar-refractivity contribution in [2.45, 2.75) is 25.5 Å². The van der Waals surface area contributed by atoms with Crippen LogP contribution in [-0.4, -0.2) is 45.0 Å². The normalized spacial score (nSPS) is 11.4. The lowest BCUT2D eigenvalue weighted by atomic mass is 10.1. The van der Waals surface area contributed by atoms with Crippen molar-refractivity contribution in [1.82, 2.24) is 25.1 Å². The molecule has 0 bridgehead atoms. The molecule has 0 saturated carbocycles. The van der Waals surface area contributed by atoms with E-state index in [0.29, 0.717) is 29.7 Å². The number of benzene rings is 2. The molecule has 2 aromatic heterocycles. The Morgan fingerprint density at radius 1 is 1.13 bits per heavy atom. The summed E-state index contributed by atoms with van der Waals surface area (Å²) in [5.41, 5.74) is 1.42. The first kappa shape index (κ1) is 21.1. The van der Waals surface area contributed by atoms with Gasteiger partial charge in [-0.25, -0.2) is 14.6 Å². The molecular weight excluding hydrogens is 408 g/mol. The minimum absolute atomic E-state index is 0.0964. The first-order valence-corrected chi connectivity index (χ1v) is 11.6. The summed E-state index contributed by atoms with van der Waals surface area (Å²) in [6.07, 6.45) is 3.74. The Morgan fingerprint density at radius 2 is 1.94 bits per heavy atom. The summed E-state index contributed by atoms with van der Waals surface area (Å²) in [5, 5.41) is 14.6. The summed E-state index contributed by atoms with van der Waals surface area (Å²) in [6.45, 7) is 6.12. The number of amides is 1. The monoisotopic (exact) mass is 434 g/mol. The maximum atomic E-state index is 12.6. The summed E-state index contributed by atoms with van der Waals surface area (Å²) >= 11 is 1.50. The van der Waals surface area contributed by atoms with Gasteiger partial charge in [-0.3, -0.25) is 4.79 Å². The summed E-state index contributed by atoms with van der Waals surface area (Å²) in [4.78, 5) is 21.8. The maximum absolute atomic E-state index is 12.6. The molecule has 31 heavy (non-hydrogen) atoms. The Kier molecular flexibility index (Phi) is 6.36. The second kappa shape index (κ2) is 9.34. The van der Waals surface area contributed by atoms with E-state index in [-0.39, 0.29) is 5.91 Å². The molecule has 4 aromatic rings. The van der Waals surface area contributed by atoms with Gasteiger partial charge in [0.2, 0.25) is 0 Å². The second-order valence-corrected chi connectivity index (χ2v) is 8.53. The van der Waals surface area contributed by atoms with Crippen molar-refractivity contribution in [3.05, 3.63) is 54.2 Å². The molecule has 0 aliphatic rings. The highest BCUT2D eigenvalue weighted by molar-refractivity contribution is 7.98. The molecule has 160 valence electrons. The number of fused-ring (bicyclic) bond motifs is 2. The summed E-state index contributed by atoms with van der Waals surface area (Å²) in [5.74, 6) is 1.21. The number of thioether (sulfide) groups is 1. The maximum Gasteiger partial charge on any atom is 0.251 e. The highest BCUT2D eigenvalue weighted by Gasteiger charge is 2.13. The number of nitrogens with zero attached hydrogens (tertiary/aromatic N) is 4. The first-order chi connectivity index (χ1) is 15.0.